The van der Waals surface area contributed by atoms with E-state index in [1.54, 1.807) is 12.1 Å². The lowest BCUT2D eigenvalue weighted by Gasteiger charge is -2.27. The predicted octanol–water partition coefficient (Wildman–Crippen LogP) is 4.17. The summed E-state index contributed by atoms with van der Waals surface area (Å²) in [6, 6.07) is 17.1. The first-order valence-electron chi connectivity index (χ1n) is 7.16. The van der Waals surface area contributed by atoms with Crippen molar-refractivity contribution in [3.63, 3.8) is 0 Å². The molecule has 1 unspecified atom stereocenters. The molecule has 5 heteroatoms. The highest BCUT2D eigenvalue weighted by Crippen LogP contribution is 2.52. The van der Waals surface area contributed by atoms with Crippen LogP contribution in [0.25, 0.3) is 10.4 Å². The molecule has 1 aromatic heterocycles. The number of amides is 1. The lowest BCUT2D eigenvalue weighted by atomic mass is 9.95. The molecule has 1 aliphatic rings. The zero-order chi connectivity index (χ0) is 15.8. The molecule has 4 nitrogen and oxygen atoms in total. The molecule has 0 spiro atoms. The van der Waals surface area contributed by atoms with Crippen molar-refractivity contribution >= 4 is 22.7 Å². The van der Waals surface area contributed by atoms with Crippen LogP contribution in [0.3, 0.4) is 0 Å². The molecule has 3 aromatic rings. The average molecular weight is 323 g/mol. The number of carbonyl (C=O) groups is 1. The number of hydrogen-bond acceptors (Lipinski definition) is 4. The van der Waals surface area contributed by atoms with Crippen LogP contribution >= 0.6 is 11.3 Å². The van der Waals surface area contributed by atoms with Gasteiger partial charge in [-0.15, -0.1) is 11.3 Å². The van der Waals surface area contributed by atoms with Crippen molar-refractivity contribution in [3.05, 3.63) is 65.7 Å². The standard InChI is InChI=1S/C18H13NO3S/c20-10-19-15-9-12-17(11-5-2-1-3-6-11)22-14-8-4-7-13(21)16(14)18(12)23-15/h1-10,17,21H,(H,19,20). The van der Waals surface area contributed by atoms with Crippen LogP contribution in [0.1, 0.15) is 17.2 Å². The van der Waals surface area contributed by atoms with Gasteiger partial charge in [0.05, 0.1) is 15.4 Å². The monoisotopic (exact) mass is 323 g/mol. The van der Waals surface area contributed by atoms with Crippen molar-refractivity contribution in [2.45, 2.75) is 6.10 Å². The zero-order valence-electron chi connectivity index (χ0n) is 12.0. The Morgan fingerprint density at radius 1 is 1.13 bits per heavy atom. The van der Waals surface area contributed by atoms with E-state index in [2.05, 4.69) is 5.32 Å². The largest absolute Gasteiger partial charge is 0.507 e. The molecule has 4 rings (SSSR count). The molecule has 114 valence electrons. The minimum absolute atomic E-state index is 0.176. The summed E-state index contributed by atoms with van der Waals surface area (Å²) in [5.74, 6) is 0.820. The van der Waals surface area contributed by atoms with E-state index in [1.165, 1.54) is 11.3 Å². The quantitative estimate of drug-likeness (QED) is 0.711. The highest BCUT2D eigenvalue weighted by atomic mass is 32.1. The number of ether oxygens (including phenoxy) is 1. The fraction of sp³-hybridized carbons (Fsp3) is 0.0556. The molecule has 0 radical (unpaired) electrons. The van der Waals surface area contributed by atoms with E-state index < -0.39 is 0 Å². The third-order valence-electron chi connectivity index (χ3n) is 3.82. The third-order valence-corrected chi connectivity index (χ3v) is 4.92. The summed E-state index contributed by atoms with van der Waals surface area (Å²) in [5.41, 5.74) is 2.65. The van der Waals surface area contributed by atoms with Crippen molar-refractivity contribution in [2.24, 2.45) is 0 Å². The van der Waals surface area contributed by atoms with Gasteiger partial charge in [-0.2, -0.15) is 0 Å². The summed E-state index contributed by atoms with van der Waals surface area (Å²) in [6.45, 7) is 0. The number of thiophene rings is 1. The number of carbonyl (C=O) groups excluding carboxylic acids is 1. The first-order chi connectivity index (χ1) is 11.3. The minimum atomic E-state index is -0.265. The molecule has 0 bridgehead atoms. The van der Waals surface area contributed by atoms with E-state index in [0.29, 0.717) is 17.7 Å². The van der Waals surface area contributed by atoms with Gasteiger partial charge in [0.15, 0.2) is 6.10 Å². The molecule has 23 heavy (non-hydrogen) atoms. The molecule has 1 amide bonds. The van der Waals surface area contributed by atoms with Gasteiger partial charge in [-0.25, -0.2) is 0 Å². The number of nitrogens with one attached hydrogen (secondary N) is 1. The van der Waals surface area contributed by atoms with Gasteiger partial charge in [-0.3, -0.25) is 4.79 Å². The Kier molecular flexibility index (Phi) is 3.28. The number of anilines is 1. The molecular formula is C18H13NO3S. The summed E-state index contributed by atoms with van der Waals surface area (Å²) in [5, 5.41) is 13.7. The number of phenolic OH excluding ortho intramolecular Hbond substituents is 1. The highest BCUT2D eigenvalue weighted by molar-refractivity contribution is 7.19. The average Bonchev–Trinajstić information content (AvgIpc) is 2.99. The summed E-state index contributed by atoms with van der Waals surface area (Å²) >= 11 is 1.43. The molecule has 0 saturated carbocycles. The van der Waals surface area contributed by atoms with E-state index >= 15 is 0 Å². The van der Waals surface area contributed by atoms with Crippen LogP contribution in [-0.4, -0.2) is 11.5 Å². The molecule has 0 aliphatic carbocycles. The Morgan fingerprint density at radius 3 is 2.74 bits per heavy atom. The van der Waals surface area contributed by atoms with Gasteiger partial charge in [-0.1, -0.05) is 36.4 Å². The summed E-state index contributed by atoms with van der Waals surface area (Å²) < 4.78 is 6.15. The van der Waals surface area contributed by atoms with Crippen molar-refractivity contribution in [2.75, 3.05) is 5.32 Å². The number of hydrogen-bond donors (Lipinski definition) is 2. The molecule has 2 N–H and O–H groups in total. The van der Waals surface area contributed by atoms with E-state index in [4.69, 9.17) is 4.74 Å². The fourth-order valence-corrected chi connectivity index (χ4v) is 3.94. The molecule has 1 atom stereocenters. The van der Waals surface area contributed by atoms with E-state index in [9.17, 15) is 9.90 Å². The molecular weight excluding hydrogens is 310 g/mol. The van der Waals surface area contributed by atoms with Gasteiger partial charge in [0.2, 0.25) is 6.41 Å². The van der Waals surface area contributed by atoms with Crippen molar-refractivity contribution in [3.8, 4) is 21.9 Å². The zero-order valence-corrected chi connectivity index (χ0v) is 12.8. The Balaban J connectivity index is 1.93. The van der Waals surface area contributed by atoms with Crippen LogP contribution in [0.2, 0.25) is 0 Å². The van der Waals surface area contributed by atoms with Gasteiger partial charge < -0.3 is 15.2 Å². The normalized spacial score (nSPS) is 15.2. The number of fused-ring (bicyclic) bond motifs is 3. The topological polar surface area (TPSA) is 58.6 Å². The Hall–Kier alpha value is -2.79. The first kappa shape index (κ1) is 13.8. The van der Waals surface area contributed by atoms with Gasteiger partial charge in [0.1, 0.15) is 11.5 Å². The molecule has 2 aromatic carbocycles. The predicted molar refractivity (Wildman–Crippen MR) is 90.0 cm³/mol. The minimum Gasteiger partial charge on any atom is -0.507 e. The Labute approximate surface area is 137 Å². The maximum Gasteiger partial charge on any atom is 0.212 e. The van der Waals surface area contributed by atoms with Gasteiger partial charge in [0.25, 0.3) is 0 Å². The van der Waals surface area contributed by atoms with E-state index in [-0.39, 0.29) is 11.9 Å². The summed E-state index contributed by atoms with van der Waals surface area (Å²) in [7, 11) is 0. The molecule has 0 saturated heterocycles. The van der Waals surface area contributed by atoms with E-state index in [0.717, 1.165) is 21.0 Å². The second-order valence-electron chi connectivity index (χ2n) is 5.22. The van der Waals surface area contributed by atoms with Gasteiger partial charge in [0, 0.05) is 5.56 Å². The second-order valence-corrected chi connectivity index (χ2v) is 6.27. The number of aromatic hydroxyl groups is 1. The Morgan fingerprint density at radius 2 is 1.96 bits per heavy atom. The van der Waals surface area contributed by atoms with Crippen LogP contribution in [0.5, 0.6) is 11.5 Å². The maximum atomic E-state index is 10.8. The summed E-state index contributed by atoms with van der Waals surface area (Å²) in [4.78, 5) is 11.7. The molecule has 0 fully saturated rings. The van der Waals surface area contributed by atoms with Crippen LogP contribution in [-0.2, 0) is 4.79 Å². The molecule has 2 heterocycles. The van der Waals surface area contributed by atoms with Crippen LogP contribution in [0.4, 0.5) is 5.00 Å². The fourth-order valence-electron chi connectivity index (χ4n) is 2.84. The van der Waals surface area contributed by atoms with Gasteiger partial charge >= 0.3 is 0 Å². The number of benzene rings is 2. The SMILES string of the molecule is O=CNc1cc2c(s1)-c1c(O)cccc1OC2c1ccccc1. The van der Waals surface area contributed by atoms with Crippen LogP contribution in [0, 0.1) is 0 Å². The lowest BCUT2D eigenvalue weighted by Crippen LogP contribution is -2.13. The lowest BCUT2D eigenvalue weighted by molar-refractivity contribution is -0.105. The van der Waals surface area contributed by atoms with Crippen molar-refractivity contribution in [1.29, 1.82) is 0 Å². The number of rotatable bonds is 3. The van der Waals surface area contributed by atoms with Crippen molar-refractivity contribution < 1.29 is 14.6 Å². The highest BCUT2D eigenvalue weighted by Gasteiger charge is 2.31. The van der Waals surface area contributed by atoms with Crippen LogP contribution < -0.4 is 10.1 Å². The first-order valence-corrected chi connectivity index (χ1v) is 7.97. The second kappa shape index (κ2) is 5.44. The summed E-state index contributed by atoms with van der Waals surface area (Å²) in [6.07, 6.45) is 0.389. The Bertz CT molecular complexity index is 873. The third kappa shape index (κ3) is 2.26. The smallest absolute Gasteiger partial charge is 0.212 e. The van der Waals surface area contributed by atoms with Crippen LogP contribution in [0.15, 0.2) is 54.6 Å². The van der Waals surface area contributed by atoms with Gasteiger partial charge in [-0.05, 0) is 23.8 Å². The number of phenols is 1. The van der Waals surface area contributed by atoms with Crippen molar-refractivity contribution in [1.82, 2.24) is 0 Å². The molecule has 1 aliphatic heterocycles. The maximum absolute atomic E-state index is 10.8. The van der Waals surface area contributed by atoms with E-state index in [1.807, 2.05) is 42.5 Å².